The van der Waals surface area contributed by atoms with E-state index in [1.165, 1.54) is 19.2 Å². The lowest BCUT2D eigenvalue weighted by Crippen LogP contribution is -2.51. The van der Waals surface area contributed by atoms with Gasteiger partial charge in [0.05, 0.1) is 5.69 Å². The number of carbonyl (C=O) groups excluding carboxylic acids is 1. The number of amides is 1. The number of carboxylic acid groups (broad SMARTS) is 1. The van der Waals surface area contributed by atoms with Gasteiger partial charge in [-0.1, -0.05) is 6.92 Å². The maximum absolute atomic E-state index is 11.9. The first-order chi connectivity index (χ1) is 8.42. The number of nitrogens with two attached hydrogens (primary N) is 1. The van der Waals surface area contributed by atoms with E-state index in [-0.39, 0.29) is 6.54 Å². The Hall–Kier alpha value is -1.95. The molecule has 0 aliphatic carbocycles. The monoisotopic (exact) mass is 251 g/mol. The lowest BCUT2D eigenvalue weighted by Gasteiger charge is -2.24. The van der Waals surface area contributed by atoms with Crippen LogP contribution in [0.1, 0.15) is 36.3 Å². The molecule has 0 radical (unpaired) electrons. The molecule has 18 heavy (non-hydrogen) atoms. The number of aromatic nitrogens is 1. The molecular formula is C12H17N3O3. The summed E-state index contributed by atoms with van der Waals surface area (Å²) in [5, 5.41) is 11.6. The predicted molar refractivity (Wildman–Crippen MR) is 65.9 cm³/mol. The predicted octanol–water partition coefficient (Wildman–Crippen LogP) is 0.523. The Balaban J connectivity index is 2.91. The number of hydrogen-bond donors (Lipinski definition) is 3. The Morgan fingerprint density at radius 1 is 1.56 bits per heavy atom. The summed E-state index contributed by atoms with van der Waals surface area (Å²) in [4.78, 5) is 27.0. The third kappa shape index (κ3) is 3.04. The first kappa shape index (κ1) is 14.1. The number of aliphatic carboxylic acids is 1. The van der Waals surface area contributed by atoms with Crippen molar-refractivity contribution in [1.29, 1.82) is 0 Å². The van der Waals surface area contributed by atoms with E-state index in [1.807, 2.05) is 0 Å². The molecule has 0 saturated carbocycles. The largest absolute Gasteiger partial charge is 0.480 e. The molecular weight excluding hydrogens is 234 g/mol. The van der Waals surface area contributed by atoms with Crippen LogP contribution in [0.5, 0.6) is 0 Å². The Bertz CT molecular complexity index is 462. The molecule has 0 aliphatic rings. The van der Waals surface area contributed by atoms with Crippen LogP contribution in [-0.4, -0.2) is 27.5 Å². The molecule has 6 heteroatoms. The second-order valence-electron chi connectivity index (χ2n) is 4.18. The van der Waals surface area contributed by atoms with Crippen molar-refractivity contribution in [3.63, 3.8) is 0 Å². The number of nitrogens with zero attached hydrogens (tertiary/aromatic N) is 1. The van der Waals surface area contributed by atoms with E-state index in [0.29, 0.717) is 17.7 Å². The Morgan fingerprint density at radius 2 is 2.22 bits per heavy atom. The van der Waals surface area contributed by atoms with E-state index in [2.05, 4.69) is 10.3 Å². The number of carboxylic acids is 1. The van der Waals surface area contributed by atoms with Gasteiger partial charge in [-0.05, 0) is 25.5 Å². The van der Waals surface area contributed by atoms with E-state index in [0.717, 1.165) is 0 Å². The average molecular weight is 251 g/mol. The van der Waals surface area contributed by atoms with Gasteiger partial charge in [0, 0.05) is 18.3 Å². The number of nitrogens with one attached hydrogen (secondary N) is 1. The maximum atomic E-state index is 11.9. The minimum Gasteiger partial charge on any atom is -0.480 e. The van der Waals surface area contributed by atoms with Gasteiger partial charge in [0.2, 0.25) is 0 Å². The highest BCUT2D eigenvalue weighted by Crippen LogP contribution is 2.11. The Kier molecular flexibility index (Phi) is 4.38. The molecule has 0 bridgehead atoms. The molecule has 0 saturated heterocycles. The van der Waals surface area contributed by atoms with Crippen molar-refractivity contribution < 1.29 is 14.7 Å². The van der Waals surface area contributed by atoms with Crippen LogP contribution in [0.15, 0.2) is 18.3 Å². The van der Waals surface area contributed by atoms with E-state index < -0.39 is 17.4 Å². The standard InChI is InChI=1S/C12H17N3O3/c1-3-12(2,11(17)18)15-10(16)8-4-5-14-9(6-8)7-13/h4-6H,3,7,13H2,1-2H3,(H,15,16)(H,17,18). The summed E-state index contributed by atoms with van der Waals surface area (Å²) >= 11 is 0. The van der Waals surface area contributed by atoms with Gasteiger partial charge in [-0.3, -0.25) is 9.78 Å². The molecule has 1 heterocycles. The van der Waals surface area contributed by atoms with Gasteiger partial charge in [-0.15, -0.1) is 0 Å². The summed E-state index contributed by atoms with van der Waals surface area (Å²) in [6, 6.07) is 3.07. The molecule has 1 unspecified atom stereocenters. The molecule has 6 nitrogen and oxygen atoms in total. The molecule has 0 aliphatic heterocycles. The second-order valence-corrected chi connectivity index (χ2v) is 4.18. The summed E-state index contributed by atoms with van der Waals surface area (Å²) < 4.78 is 0. The first-order valence-corrected chi connectivity index (χ1v) is 5.64. The average Bonchev–Trinajstić information content (AvgIpc) is 2.38. The highest BCUT2D eigenvalue weighted by molar-refractivity contribution is 5.97. The summed E-state index contributed by atoms with van der Waals surface area (Å²) in [5.41, 5.74) is 5.09. The molecule has 1 aromatic rings. The van der Waals surface area contributed by atoms with E-state index in [4.69, 9.17) is 10.8 Å². The Labute approximate surface area is 105 Å². The third-order valence-corrected chi connectivity index (χ3v) is 2.86. The SMILES string of the molecule is CCC(C)(NC(=O)c1ccnc(CN)c1)C(=O)O. The van der Waals surface area contributed by atoms with Crippen molar-refractivity contribution in [3.05, 3.63) is 29.6 Å². The minimum atomic E-state index is -1.27. The smallest absolute Gasteiger partial charge is 0.329 e. The van der Waals surface area contributed by atoms with Gasteiger partial charge >= 0.3 is 5.97 Å². The third-order valence-electron chi connectivity index (χ3n) is 2.86. The number of pyridine rings is 1. The molecule has 98 valence electrons. The van der Waals surface area contributed by atoms with Gasteiger partial charge in [0.1, 0.15) is 5.54 Å². The lowest BCUT2D eigenvalue weighted by molar-refractivity contribution is -0.143. The number of hydrogen-bond acceptors (Lipinski definition) is 4. The highest BCUT2D eigenvalue weighted by atomic mass is 16.4. The molecule has 1 amide bonds. The molecule has 1 rings (SSSR count). The molecule has 1 aromatic heterocycles. The van der Waals surface area contributed by atoms with Gasteiger partial charge < -0.3 is 16.2 Å². The summed E-state index contributed by atoms with van der Waals surface area (Å²) in [6.45, 7) is 3.40. The molecule has 0 spiro atoms. The van der Waals surface area contributed by atoms with E-state index in [9.17, 15) is 9.59 Å². The van der Waals surface area contributed by atoms with Crippen LogP contribution in [0.2, 0.25) is 0 Å². The van der Waals surface area contributed by atoms with Crippen molar-refractivity contribution in [2.24, 2.45) is 5.73 Å². The van der Waals surface area contributed by atoms with Crippen molar-refractivity contribution in [3.8, 4) is 0 Å². The second kappa shape index (κ2) is 5.59. The molecule has 1 atom stereocenters. The Morgan fingerprint density at radius 3 is 2.72 bits per heavy atom. The zero-order chi connectivity index (χ0) is 13.8. The molecule has 4 N–H and O–H groups in total. The maximum Gasteiger partial charge on any atom is 0.329 e. The van der Waals surface area contributed by atoms with Crippen LogP contribution in [0.25, 0.3) is 0 Å². The molecule has 0 fully saturated rings. The van der Waals surface area contributed by atoms with Crippen LogP contribution in [0, 0.1) is 0 Å². The zero-order valence-corrected chi connectivity index (χ0v) is 10.4. The normalized spacial score (nSPS) is 13.7. The topological polar surface area (TPSA) is 105 Å². The quantitative estimate of drug-likeness (QED) is 0.707. The minimum absolute atomic E-state index is 0.227. The fraction of sp³-hybridized carbons (Fsp3) is 0.417. The van der Waals surface area contributed by atoms with Gasteiger partial charge in [0.15, 0.2) is 0 Å². The van der Waals surface area contributed by atoms with Crippen molar-refractivity contribution >= 4 is 11.9 Å². The van der Waals surface area contributed by atoms with Gasteiger partial charge in [-0.25, -0.2) is 4.79 Å². The van der Waals surface area contributed by atoms with E-state index in [1.54, 1.807) is 13.0 Å². The summed E-state index contributed by atoms with van der Waals surface area (Å²) in [5.74, 6) is -1.51. The number of rotatable bonds is 5. The van der Waals surface area contributed by atoms with E-state index >= 15 is 0 Å². The van der Waals surface area contributed by atoms with Crippen LogP contribution < -0.4 is 11.1 Å². The number of carbonyl (C=O) groups is 2. The lowest BCUT2D eigenvalue weighted by atomic mass is 9.98. The van der Waals surface area contributed by atoms with Gasteiger partial charge in [-0.2, -0.15) is 0 Å². The van der Waals surface area contributed by atoms with Crippen LogP contribution in [0.3, 0.4) is 0 Å². The van der Waals surface area contributed by atoms with Crippen LogP contribution in [-0.2, 0) is 11.3 Å². The van der Waals surface area contributed by atoms with Gasteiger partial charge in [0.25, 0.3) is 5.91 Å². The van der Waals surface area contributed by atoms with Crippen molar-refractivity contribution in [2.45, 2.75) is 32.4 Å². The van der Waals surface area contributed by atoms with Crippen molar-refractivity contribution in [2.75, 3.05) is 0 Å². The highest BCUT2D eigenvalue weighted by Gasteiger charge is 2.33. The fourth-order valence-corrected chi connectivity index (χ4v) is 1.35. The first-order valence-electron chi connectivity index (χ1n) is 5.64. The molecule has 0 aromatic carbocycles. The van der Waals surface area contributed by atoms with Crippen LogP contribution in [0.4, 0.5) is 0 Å². The van der Waals surface area contributed by atoms with Crippen LogP contribution >= 0.6 is 0 Å². The fourth-order valence-electron chi connectivity index (χ4n) is 1.35. The van der Waals surface area contributed by atoms with Crippen molar-refractivity contribution in [1.82, 2.24) is 10.3 Å². The summed E-state index contributed by atoms with van der Waals surface area (Å²) in [6.07, 6.45) is 1.77. The zero-order valence-electron chi connectivity index (χ0n) is 10.4. The summed E-state index contributed by atoms with van der Waals surface area (Å²) in [7, 11) is 0.